The van der Waals surface area contributed by atoms with Crippen molar-refractivity contribution >= 4 is 17.7 Å². The number of nitrogens with two attached hydrogens (primary N) is 1. The fraction of sp³-hybridized carbons (Fsp3) is 0.571. The van der Waals surface area contributed by atoms with Crippen molar-refractivity contribution in [3.63, 3.8) is 0 Å². The molecule has 0 saturated carbocycles. The number of nitrogens with one attached hydrogen (secondary N) is 1. The molecule has 2 saturated heterocycles. The number of imide groups is 1. The second-order valence-electron chi connectivity index (χ2n) is 8.81. The molecular weight excluding hydrogens is 356 g/mol. The fourth-order valence-corrected chi connectivity index (χ4v) is 4.95. The molecule has 3 N–H and O–H groups in total. The van der Waals surface area contributed by atoms with Crippen LogP contribution < -0.4 is 11.1 Å². The van der Waals surface area contributed by atoms with Gasteiger partial charge < -0.3 is 10.6 Å². The Balaban J connectivity index is 1.57. The van der Waals surface area contributed by atoms with Crippen molar-refractivity contribution in [2.75, 3.05) is 13.1 Å². The minimum atomic E-state index is -0.576. The molecular formula is C21H28N4O3. The quantitative estimate of drug-likeness (QED) is 0.756. The maximum Gasteiger partial charge on any atom is 0.255 e. The second kappa shape index (κ2) is 6.97. The lowest BCUT2D eigenvalue weighted by Crippen LogP contribution is -2.52. The van der Waals surface area contributed by atoms with Crippen LogP contribution >= 0.6 is 0 Å². The Morgan fingerprint density at radius 3 is 2.75 bits per heavy atom. The van der Waals surface area contributed by atoms with Crippen molar-refractivity contribution in [3.8, 4) is 0 Å². The summed E-state index contributed by atoms with van der Waals surface area (Å²) in [4.78, 5) is 40.9. The van der Waals surface area contributed by atoms with E-state index in [1.807, 2.05) is 18.2 Å². The van der Waals surface area contributed by atoms with Gasteiger partial charge in [0, 0.05) is 37.7 Å². The maximum absolute atomic E-state index is 13.2. The number of rotatable bonds is 4. The molecule has 0 bridgehead atoms. The average molecular weight is 384 g/mol. The van der Waals surface area contributed by atoms with Gasteiger partial charge in [-0.1, -0.05) is 32.0 Å². The summed E-state index contributed by atoms with van der Waals surface area (Å²) in [7, 11) is 0. The molecule has 7 nitrogen and oxygen atoms in total. The molecule has 4 rings (SSSR count). The standard InChI is InChI=1S/C21H28N4O3/c1-21(2)8-9-24(16(21)10-22)11-13-4-3-5-14-12-25(20(28)18(13)14)15-6-7-17(26)23-19(15)27/h3-5,15-16H,6-12,22H2,1-2H3,(H,23,26,27). The Morgan fingerprint density at radius 2 is 2.04 bits per heavy atom. The van der Waals surface area contributed by atoms with E-state index in [0.717, 1.165) is 24.1 Å². The summed E-state index contributed by atoms with van der Waals surface area (Å²) < 4.78 is 0. The summed E-state index contributed by atoms with van der Waals surface area (Å²) in [5.74, 6) is -0.748. The van der Waals surface area contributed by atoms with Gasteiger partial charge in [0.05, 0.1) is 0 Å². The highest BCUT2D eigenvalue weighted by atomic mass is 16.2. The Hall–Kier alpha value is -2.25. The average Bonchev–Trinajstić information content (AvgIpc) is 3.12. The predicted molar refractivity (Wildman–Crippen MR) is 104 cm³/mol. The summed E-state index contributed by atoms with van der Waals surface area (Å²) in [6.45, 7) is 7.15. The van der Waals surface area contributed by atoms with E-state index in [1.54, 1.807) is 4.90 Å². The molecule has 3 aliphatic heterocycles. The third-order valence-corrected chi connectivity index (χ3v) is 6.62. The molecule has 1 aromatic rings. The molecule has 0 spiro atoms. The molecule has 2 fully saturated rings. The highest BCUT2D eigenvalue weighted by Gasteiger charge is 2.42. The normalized spacial score (nSPS) is 27.2. The summed E-state index contributed by atoms with van der Waals surface area (Å²) >= 11 is 0. The number of hydrogen-bond donors (Lipinski definition) is 2. The van der Waals surface area contributed by atoms with Gasteiger partial charge in [-0.05, 0) is 35.9 Å². The van der Waals surface area contributed by atoms with E-state index < -0.39 is 6.04 Å². The molecule has 28 heavy (non-hydrogen) atoms. The zero-order valence-electron chi connectivity index (χ0n) is 16.5. The smallest absolute Gasteiger partial charge is 0.255 e. The van der Waals surface area contributed by atoms with Crippen LogP contribution in [0.4, 0.5) is 0 Å². The van der Waals surface area contributed by atoms with Crippen LogP contribution in [0.2, 0.25) is 0 Å². The van der Waals surface area contributed by atoms with Crippen LogP contribution in [0.15, 0.2) is 18.2 Å². The van der Waals surface area contributed by atoms with Gasteiger partial charge in [0.15, 0.2) is 0 Å². The first-order chi connectivity index (χ1) is 13.3. The van der Waals surface area contributed by atoms with Gasteiger partial charge in [0.2, 0.25) is 11.8 Å². The van der Waals surface area contributed by atoms with Crippen molar-refractivity contribution in [2.45, 2.75) is 58.3 Å². The van der Waals surface area contributed by atoms with Crippen molar-refractivity contribution in [1.29, 1.82) is 0 Å². The molecule has 0 aromatic heterocycles. The fourth-order valence-electron chi connectivity index (χ4n) is 4.95. The number of benzene rings is 1. The van der Waals surface area contributed by atoms with Gasteiger partial charge >= 0.3 is 0 Å². The third kappa shape index (κ3) is 3.12. The van der Waals surface area contributed by atoms with Crippen molar-refractivity contribution in [2.24, 2.45) is 11.1 Å². The van der Waals surface area contributed by atoms with Gasteiger partial charge in [0.25, 0.3) is 5.91 Å². The van der Waals surface area contributed by atoms with Crippen LogP contribution in [0.3, 0.4) is 0 Å². The Labute approximate surface area is 165 Å². The number of piperidine rings is 1. The monoisotopic (exact) mass is 384 g/mol. The molecule has 1 aromatic carbocycles. The lowest BCUT2D eigenvalue weighted by atomic mass is 9.85. The number of hydrogen-bond acceptors (Lipinski definition) is 5. The number of fused-ring (bicyclic) bond motifs is 1. The maximum atomic E-state index is 13.2. The molecule has 3 heterocycles. The Bertz CT molecular complexity index is 835. The first-order valence-corrected chi connectivity index (χ1v) is 10.0. The topological polar surface area (TPSA) is 95.7 Å². The highest BCUT2D eigenvalue weighted by molar-refractivity contribution is 6.05. The van der Waals surface area contributed by atoms with Gasteiger partial charge in [-0.15, -0.1) is 0 Å². The summed E-state index contributed by atoms with van der Waals surface area (Å²) in [6.07, 6.45) is 1.74. The lowest BCUT2D eigenvalue weighted by molar-refractivity contribution is -0.136. The van der Waals surface area contributed by atoms with Crippen LogP contribution in [0, 0.1) is 5.41 Å². The second-order valence-corrected chi connectivity index (χ2v) is 8.81. The zero-order valence-corrected chi connectivity index (χ0v) is 16.5. The minimum Gasteiger partial charge on any atom is -0.329 e. The van der Waals surface area contributed by atoms with Crippen LogP contribution in [-0.4, -0.2) is 52.7 Å². The van der Waals surface area contributed by atoms with Gasteiger partial charge in [-0.3, -0.25) is 24.6 Å². The number of carbonyl (C=O) groups excluding carboxylic acids is 3. The first-order valence-electron chi connectivity index (χ1n) is 10.0. The van der Waals surface area contributed by atoms with Gasteiger partial charge in [0.1, 0.15) is 6.04 Å². The molecule has 3 amide bonds. The van der Waals surface area contributed by atoms with E-state index >= 15 is 0 Å². The summed E-state index contributed by atoms with van der Waals surface area (Å²) in [5, 5.41) is 2.36. The van der Waals surface area contributed by atoms with E-state index in [1.165, 1.54) is 0 Å². The number of likely N-dealkylation sites (tertiary alicyclic amines) is 1. The SMILES string of the molecule is CC1(C)CCN(Cc2cccc3c2C(=O)N(C2CCC(=O)NC2=O)C3)C1CN. The van der Waals surface area contributed by atoms with Crippen LogP contribution in [0.25, 0.3) is 0 Å². The van der Waals surface area contributed by atoms with E-state index in [2.05, 4.69) is 24.1 Å². The molecule has 0 radical (unpaired) electrons. The van der Waals surface area contributed by atoms with Crippen molar-refractivity contribution < 1.29 is 14.4 Å². The Kier molecular flexibility index (Phi) is 4.75. The zero-order chi connectivity index (χ0) is 20.1. The van der Waals surface area contributed by atoms with E-state index in [4.69, 9.17) is 5.73 Å². The highest BCUT2D eigenvalue weighted by Crippen LogP contribution is 2.37. The van der Waals surface area contributed by atoms with Crippen LogP contribution in [-0.2, 0) is 22.7 Å². The lowest BCUT2D eigenvalue weighted by Gasteiger charge is -2.32. The molecule has 150 valence electrons. The summed E-state index contributed by atoms with van der Waals surface area (Å²) in [5.41, 5.74) is 8.88. The van der Waals surface area contributed by atoms with E-state index in [-0.39, 0.29) is 35.6 Å². The first kappa shape index (κ1) is 19.1. The Morgan fingerprint density at radius 1 is 1.25 bits per heavy atom. The van der Waals surface area contributed by atoms with Crippen LogP contribution in [0.5, 0.6) is 0 Å². The predicted octanol–water partition coefficient (Wildman–Crippen LogP) is 1.01. The van der Waals surface area contributed by atoms with Crippen molar-refractivity contribution in [1.82, 2.24) is 15.1 Å². The third-order valence-electron chi connectivity index (χ3n) is 6.62. The van der Waals surface area contributed by atoms with Gasteiger partial charge in [-0.2, -0.15) is 0 Å². The van der Waals surface area contributed by atoms with Crippen molar-refractivity contribution in [3.05, 3.63) is 34.9 Å². The minimum absolute atomic E-state index is 0.108. The number of nitrogens with zero attached hydrogens (tertiary/aromatic N) is 2. The molecule has 3 aliphatic rings. The largest absolute Gasteiger partial charge is 0.329 e. The van der Waals surface area contributed by atoms with Gasteiger partial charge in [-0.25, -0.2) is 0 Å². The molecule has 2 atom stereocenters. The number of amides is 3. The molecule has 7 heteroatoms. The summed E-state index contributed by atoms with van der Waals surface area (Å²) in [6, 6.07) is 5.65. The number of carbonyl (C=O) groups is 3. The van der Waals surface area contributed by atoms with Crippen LogP contribution in [0.1, 0.15) is 54.6 Å². The molecule has 0 aliphatic carbocycles. The van der Waals surface area contributed by atoms with E-state index in [9.17, 15) is 14.4 Å². The van der Waals surface area contributed by atoms with E-state index in [0.29, 0.717) is 31.6 Å². The molecule has 2 unspecified atom stereocenters.